The molecule has 1 aromatic heterocycles. The Kier molecular flexibility index (Phi) is 4.71. The van der Waals surface area contributed by atoms with E-state index in [1.165, 1.54) is 19.3 Å². The van der Waals surface area contributed by atoms with E-state index in [0.717, 1.165) is 31.4 Å². The van der Waals surface area contributed by atoms with Crippen LogP contribution in [0.5, 0.6) is 0 Å². The van der Waals surface area contributed by atoms with Gasteiger partial charge in [-0.15, -0.1) is 0 Å². The number of H-pyrrole nitrogens is 1. The fraction of sp³-hybridized carbons (Fsp3) is 0.615. The molecule has 0 aromatic carbocycles. The summed E-state index contributed by atoms with van der Waals surface area (Å²) in [4.78, 5) is 2.10. The first-order valence-corrected chi connectivity index (χ1v) is 7.08. The van der Waals surface area contributed by atoms with Crippen molar-refractivity contribution in [2.24, 2.45) is 11.7 Å². The van der Waals surface area contributed by atoms with Crippen LogP contribution in [0.4, 0.5) is 5.82 Å². The zero-order valence-electron chi connectivity index (χ0n) is 11.4. The van der Waals surface area contributed by atoms with Crippen molar-refractivity contribution in [3.63, 3.8) is 0 Å². The molecule has 0 saturated carbocycles. The van der Waals surface area contributed by atoms with Crippen LogP contribution in [-0.2, 0) is 0 Å². The molecule has 1 aliphatic rings. The van der Waals surface area contributed by atoms with E-state index in [1.54, 1.807) is 0 Å². The van der Waals surface area contributed by atoms with Crippen LogP contribution >= 0.6 is 11.6 Å². The van der Waals surface area contributed by atoms with E-state index in [2.05, 4.69) is 27.0 Å². The van der Waals surface area contributed by atoms with Crippen molar-refractivity contribution in [3.05, 3.63) is 17.3 Å². The molecule has 1 fully saturated rings. The second-order valence-electron chi connectivity index (χ2n) is 5.16. The second kappa shape index (κ2) is 6.30. The van der Waals surface area contributed by atoms with Crippen LogP contribution in [0.25, 0.3) is 5.70 Å². The molecule has 1 aliphatic heterocycles. The Morgan fingerprint density at radius 1 is 1.53 bits per heavy atom. The first-order valence-electron chi connectivity index (χ1n) is 6.70. The predicted molar refractivity (Wildman–Crippen MR) is 80.3 cm³/mol. The van der Waals surface area contributed by atoms with Crippen LogP contribution in [0.2, 0.25) is 5.02 Å². The molecule has 4 N–H and O–H groups in total. The third-order valence-corrected chi connectivity index (χ3v) is 4.06. The van der Waals surface area contributed by atoms with Crippen molar-refractivity contribution in [2.45, 2.75) is 19.3 Å². The SMILES string of the molecule is C=C(N)c1n[nH]c(N(C)CCC2CCNCC2)c1Cl. The average Bonchev–Trinajstić information content (AvgIpc) is 2.79. The first-order chi connectivity index (χ1) is 9.09. The minimum absolute atomic E-state index is 0.388. The van der Waals surface area contributed by atoms with Crippen molar-refractivity contribution in [2.75, 3.05) is 31.6 Å². The van der Waals surface area contributed by atoms with Crippen LogP contribution in [-0.4, -0.2) is 36.9 Å². The van der Waals surface area contributed by atoms with E-state index in [1.807, 2.05) is 7.05 Å². The zero-order chi connectivity index (χ0) is 13.8. The summed E-state index contributed by atoms with van der Waals surface area (Å²) >= 11 is 6.25. The van der Waals surface area contributed by atoms with Gasteiger partial charge in [0.2, 0.25) is 0 Å². The summed E-state index contributed by atoms with van der Waals surface area (Å²) in [6.07, 6.45) is 3.69. The maximum absolute atomic E-state index is 6.25. The van der Waals surface area contributed by atoms with Crippen molar-refractivity contribution in [1.29, 1.82) is 0 Å². The molecule has 0 amide bonds. The Hall–Kier alpha value is -1.20. The lowest BCUT2D eigenvalue weighted by Crippen LogP contribution is -2.30. The lowest BCUT2D eigenvalue weighted by atomic mass is 9.94. The van der Waals surface area contributed by atoms with Crippen molar-refractivity contribution in [1.82, 2.24) is 15.5 Å². The third-order valence-electron chi connectivity index (χ3n) is 3.71. The van der Waals surface area contributed by atoms with Gasteiger partial charge >= 0.3 is 0 Å². The molecular formula is C13H22ClN5. The number of hydrogen-bond acceptors (Lipinski definition) is 4. The van der Waals surface area contributed by atoms with Crippen LogP contribution in [0.15, 0.2) is 6.58 Å². The van der Waals surface area contributed by atoms with Gasteiger partial charge in [-0.3, -0.25) is 5.10 Å². The largest absolute Gasteiger partial charge is 0.397 e. The van der Waals surface area contributed by atoms with Gasteiger partial charge in [-0.1, -0.05) is 18.2 Å². The van der Waals surface area contributed by atoms with Gasteiger partial charge < -0.3 is 16.0 Å². The molecule has 2 rings (SSSR count). The van der Waals surface area contributed by atoms with Crippen molar-refractivity contribution in [3.8, 4) is 0 Å². The highest BCUT2D eigenvalue weighted by Crippen LogP contribution is 2.28. The van der Waals surface area contributed by atoms with Crippen LogP contribution in [0.3, 0.4) is 0 Å². The van der Waals surface area contributed by atoms with Gasteiger partial charge in [-0.05, 0) is 38.3 Å². The summed E-state index contributed by atoms with van der Waals surface area (Å²) in [6.45, 7) is 6.90. The Balaban J connectivity index is 1.92. The lowest BCUT2D eigenvalue weighted by molar-refractivity contribution is 0.356. The number of aromatic nitrogens is 2. The van der Waals surface area contributed by atoms with E-state index in [4.69, 9.17) is 17.3 Å². The molecule has 5 nitrogen and oxygen atoms in total. The first kappa shape index (κ1) is 14.2. The van der Waals surface area contributed by atoms with E-state index in [-0.39, 0.29) is 0 Å². The van der Waals surface area contributed by atoms with Gasteiger partial charge in [0.15, 0.2) is 0 Å². The standard InChI is InChI=1S/C13H22ClN5/c1-9(15)12-11(14)13(18-17-12)19(2)8-5-10-3-6-16-7-4-10/h10,16H,1,3-8,15H2,2H3,(H,17,18). The molecule has 0 aliphatic carbocycles. The molecule has 1 saturated heterocycles. The summed E-state index contributed by atoms with van der Waals surface area (Å²) in [7, 11) is 2.02. The van der Waals surface area contributed by atoms with E-state index in [0.29, 0.717) is 16.4 Å². The van der Waals surface area contributed by atoms with Gasteiger partial charge in [0.05, 0.1) is 5.70 Å². The highest BCUT2D eigenvalue weighted by Gasteiger charge is 2.18. The number of hydrogen-bond donors (Lipinski definition) is 3. The van der Waals surface area contributed by atoms with E-state index < -0.39 is 0 Å². The number of anilines is 1. The molecule has 19 heavy (non-hydrogen) atoms. The number of aromatic amines is 1. The molecule has 0 radical (unpaired) electrons. The van der Waals surface area contributed by atoms with E-state index >= 15 is 0 Å². The van der Waals surface area contributed by atoms with Gasteiger partial charge in [0.1, 0.15) is 16.5 Å². The van der Waals surface area contributed by atoms with Crippen molar-refractivity contribution < 1.29 is 0 Å². The maximum atomic E-state index is 6.25. The highest BCUT2D eigenvalue weighted by molar-refractivity contribution is 6.34. The smallest absolute Gasteiger partial charge is 0.143 e. The molecule has 6 heteroatoms. The fourth-order valence-corrected chi connectivity index (χ4v) is 2.79. The minimum atomic E-state index is 0.388. The van der Waals surface area contributed by atoms with Crippen LogP contribution < -0.4 is 16.0 Å². The molecule has 2 heterocycles. The van der Waals surface area contributed by atoms with Crippen LogP contribution in [0, 0.1) is 5.92 Å². The summed E-state index contributed by atoms with van der Waals surface area (Å²) in [5.41, 5.74) is 6.57. The Bertz CT molecular complexity index is 436. The summed E-state index contributed by atoms with van der Waals surface area (Å²) in [5.74, 6) is 1.62. The minimum Gasteiger partial charge on any atom is -0.397 e. The summed E-state index contributed by atoms with van der Waals surface area (Å²) in [5, 5.41) is 11.0. The van der Waals surface area contributed by atoms with Crippen molar-refractivity contribution >= 4 is 23.1 Å². The number of nitrogens with zero attached hydrogens (tertiary/aromatic N) is 2. The lowest BCUT2D eigenvalue weighted by Gasteiger charge is -2.25. The summed E-state index contributed by atoms with van der Waals surface area (Å²) in [6, 6.07) is 0. The third kappa shape index (κ3) is 3.42. The van der Waals surface area contributed by atoms with Gasteiger partial charge in [-0.2, -0.15) is 5.10 Å². The van der Waals surface area contributed by atoms with E-state index in [9.17, 15) is 0 Å². The zero-order valence-corrected chi connectivity index (χ0v) is 12.1. The van der Waals surface area contributed by atoms with Gasteiger partial charge in [-0.25, -0.2) is 0 Å². The molecular weight excluding hydrogens is 262 g/mol. The maximum Gasteiger partial charge on any atom is 0.143 e. The molecule has 0 atom stereocenters. The molecule has 0 bridgehead atoms. The Morgan fingerprint density at radius 2 is 2.21 bits per heavy atom. The number of nitrogens with two attached hydrogens (primary N) is 1. The average molecular weight is 284 g/mol. The van der Waals surface area contributed by atoms with Crippen LogP contribution in [0.1, 0.15) is 25.0 Å². The monoisotopic (exact) mass is 283 g/mol. The fourth-order valence-electron chi connectivity index (χ4n) is 2.44. The van der Waals surface area contributed by atoms with Gasteiger partial charge in [0.25, 0.3) is 0 Å². The topological polar surface area (TPSA) is 70.0 Å². The number of nitrogens with one attached hydrogen (secondary N) is 2. The number of piperidine rings is 1. The normalized spacial score (nSPS) is 16.5. The van der Waals surface area contributed by atoms with Gasteiger partial charge in [0, 0.05) is 13.6 Å². The molecule has 1 aromatic rings. The molecule has 0 unspecified atom stereocenters. The molecule has 0 spiro atoms. The Labute approximate surface area is 119 Å². The molecule has 106 valence electrons. The number of halogens is 1. The number of rotatable bonds is 5. The second-order valence-corrected chi connectivity index (χ2v) is 5.54. The highest BCUT2D eigenvalue weighted by atomic mass is 35.5. The summed E-state index contributed by atoms with van der Waals surface area (Å²) < 4.78 is 0. The Morgan fingerprint density at radius 3 is 2.79 bits per heavy atom. The quantitative estimate of drug-likeness (QED) is 0.771. The predicted octanol–water partition coefficient (Wildman–Crippen LogP) is 1.82.